The predicted molar refractivity (Wildman–Crippen MR) is 80.9 cm³/mol. The summed E-state index contributed by atoms with van der Waals surface area (Å²) in [4.78, 5) is 3.98. The quantitative estimate of drug-likeness (QED) is 0.843. The first-order valence-electron chi connectivity index (χ1n) is 6.23. The molecule has 9 heteroatoms. The van der Waals surface area contributed by atoms with E-state index in [0.717, 1.165) is 6.42 Å². The zero-order chi connectivity index (χ0) is 15.3. The van der Waals surface area contributed by atoms with E-state index in [9.17, 15) is 8.42 Å². The lowest BCUT2D eigenvalue weighted by molar-refractivity contribution is 0.600. The van der Waals surface area contributed by atoms with E-state index in [0.29, 0.717) is 12.4 Å². The molecule has 0 spiro atoms. The molecular weight excluding hydrogens is 314 g/mol. The lowest BCUT2D eigenvalue weighted by Gasteiger charge is -2.09. The van der Waals surface area contributed by atoms with Crippen molar-refractivity contribution in [1.29, 1.82) is 0 Å². The van der Waals surface area contributed by atoms with Crippen LogP contribution in [0.2, 0.25) is 5.02 Å². The molecule has 0 bridgehead atoms. The van der Waals surface area contributed by atoms with Crippen molar-refractivity contribution in [3.05, 3.63) is 35.6 Å². The number of sulfonamides is 1. The van der Waals surface area contributed by atoms with E-state index in [1.807, 2.05) is 6.92 Å². The van der Waals surface area contributed by atoms with Gasteiger partial charge in [0.1, 0.15) is 10.7 Å². The molecule has 21 heavy (non-hydrogen) atoms. The van der Waals surface area contributed by atoms with Crippen LogP contribution in [-0.2, 0) is 10.0 Å². The number of hydrogen-bond acceptors (Lipinski definition) is 6. The van der Waals surface area contributed by atoms with Gasteiger partial charge in [-0.15, -0.1) is 5.10 Å². The van der Waals surface area contributed by atoms with Gasteiger partial charge in [-0.25, -0.2) is 13.4 Å². The fourth-order valence-electron chi connectivity index (χ4n) is 1.49. The van der Waals surface area contributed by atoms with Gasteiger partial charge in [0.05, 0.1) is 5.02 Å². The van der Waals surface area contributed by atoms with Gasteiger partial charge >= 0.3 is 0 Å². The van der Waals surface area contributed by atoms with Crippen LogP contribution in [0.4, 0.5) is 11.6 Å². The molecule has 0 fully saturated rings. The highest BCUT2D eigenvalue weighted by Crippen LogP contribution is 2.23. The molecule has 7 nitrogen and oxygen atoms in total. The number of rotatable bonds is 6. The zero-order valence-corrected chi connectivity index (χ0v) is 12.8. The normalized spacial score (nSPS) is 11.1. The Kier molecular flexibility index (Phi) is 4.92. The maximum atomic E-state index is 12.2. The highest BCUT2D eigenvalue weighted by Gasteiger charge is 2.17. The topological polar surface area (TPSA) is 96.9 Å². The highest BCUT2D eigenvalue weighted by molar-refractivity contribution is 7.92. The Bertz CT molecular complexity index is 709. The fraction of sp³-hybridized carbons (Fsp3) is 0.250. The van der Waals surface area contributed by atoms with Crippen LogP contribution in [0, 0.1) is 0 Å². The van der Waals surface area contributed by atoms with Crippen molar-refractivity contribution < 1.29 is 8.42 Å². The SMILES string of the molecule is CCCNc1ncc(S(=O)(=O)Nc2cccnn2)cc1Cl. The summed E-state index contributed by atoms with van der Waals surface area (Å²) in [6.45, 7) is 2.71. The van der Waals surface area contributed by atoms with E-state index in [1.54, 1.807) is 6.07 Å². The Hall–Kier alpha value is -1.93. The van der Waals surface area contributed by atoms with Crippen LogP contribution in [-0.4, -0.2) is 30.1 Å². The molecule has 0 aliphatic heterocycles. The summed E-state index contributed by atoms with van der Waals surface area (Å²) in [5.74, 6) is 0.582. The zero-order valence-electron chi connectivity index (χ0n) is 11.2. The number of hydrogen-bond donors (Lipinski definition) is 2. The second-order valence-electron chi connectivity index (χ2n) is 4.14. The Balaban J connectivity index is 2.22. The lowest BCUT2D eigenvalue weighted by atomic mass is 10.4. The van der Waals surface area contributed by atoms with Crippen LogP contribution in [0.1, 0.15) is 13.3 Å². The molecule has 0 unspecified atom stereocenters. The molecule has 2 heterocycles. The summed E-state index contributed by atoms with van der Waals surface area (Å²) in [5, 5.41) is 10.5. The van der Waals surface area contributed by atoms with Gasteiger partial charge in [0.15, 0.2) is 5.82 Å². The minimum Gasteiger partial charge on any atom is -0.369 e. The van der Waals surface area contributed by atoms with Crippen LogP contribution in [0.5, 0.6) is 0 Å². The minimum absolute atomic E-state index is 0.0415. The average Bonchev–Trinajstić information content (AvgIpc) is 2.46. The fourth-order valence-corrected chi connectivity index (χ4v) is 2.76. The molecule has 0 aromatic carbocycles. The van der Waals surface area contributed by atoms with Crippen molar-refractivity contribution >= 4 is 33.3 Å². The van der Waals surface area contributed by atoms with E-state index in [4.69, 9.17) is 11.6 Å². The van der Waals surface area contributed by atoms with E-state index in [1.165, 1.54) is 24.5 Å². The third-order valence-electron chi connectivity index (χ3n) is 2.48. The average molecular weight is 328 g/mol. The van der Waals surface area contributed by atoms with Crippen LogP contribution in [0.25, 0.3) is 0 Å². The number of pyridine rings is 1. The minimum atomic E-state index is -3.80. The molecular formula is C12H14ClN5O2S. The molecule has 2 rings (SSSR count). The van der Waals surface area contributed by atoms with Gasteiger partial charge in [-0.2, -0.15) is 5.10 Å². The number of halogens is 1. The van der Waals surface area contributed by atoms with E-state index in [-0.39, 0.29) is 15.7 Å². The number of nitrogens with zero attached hydrogens (tertiary/aromatic N) is 3. The Morgan fingerprint density at radius 2 is 2.19 bits per heavy atom. The molecule has 0 atom stereocenters. The maximum Gasteiger partial charge on any atom is 0.264 e. The molecule has 112 valence electrons. The third kappa shape index (κ3) is 4.02. The Morgan fingerprint density at radius 3 is 2.81 bits per heavy atom. The largest absolute Gasteiger partial charge is 0.369 e. The van der Waals surface area contributed by atoms with Crippen molar-refractivity contribution in [2.24, 2.45) is 0 Å². The monoisotopic (exact) mass is 327 g/mol. The molecule has 0 amide bonds. The predicted octanol–water partition coefficient (Wildman–Crippen LogP) is 2.15. The molecule has 2 aromatic rings. The first-order valence-corrected chi connectivity index (χ1v) is 8.09. The second-order valence-corrected chi connectivity index (χ2v) is 6.23. The van der Waals surface area contributed by atoms with Crippen molar-refractivity contribution in [3.63, 3.8) is 0 Å². The molecule has 0 saturated carbocycles. The molecule has 0 aliphatic rings. The number of nitrogens with one attached hydrogen (secondary N) is 2. The van der Waals surface area contributed by atoms with Gasteiger partial charge in [0, 0.05) is 18.9 Å². The third-order valence-corrected chi connectivity index (χ3v) is 4.09. The van der Waals surface area contributed by atoms with Gasteiger partial charge in [0.25, 0.3) is 10.0 Å². The van der Waals surface area contributed by atoms with Crippen molar-refractivity contribution in [3.8, 4) is 0 Å². The van der Waals surface area contributed by atoms with Gasteiger partial charge in [-0.05, 0) is 24.6 Å². The van der Waals surface area contributed by atoms with Gasteiger partial charge < -0.3 is 5.32 Å². The van der Waals surface area contributed by atoms with Crippen molar-refractivity contribution in [2.75, 3.05) is 16.6 Å². The van der Waals surface area contributed by atoms with Gasteiger partial charge in [0.2, 0.25) is 0 Å². The lowest BCUT2D eigenvalue weighted by Crippen LogP contribution is -2.15. The standard InChI is InChI=1S/C12H14ClN5O2S/c1-2-5-14-12-10(13)7-9(8-15-12)21(19,20)18-11-4-3-6-16-17-11/h3-4,6-8H,2,5H2,1H3,(H,14,15)(H,17,18). The highest BCUT2D eigenvalue weighted by atomic mass is 35.5. The van der Waals surface area contributed by atoms with Crippen LogP contribution in [0.15, 0.2) is 35.5 Å². The van der Waals surface area contributed by atoms with E-state index in [2.05, 4.69) is 25.2 Å². The summed E-state index contributed by atoms with van der Waals surface area (Å²) in [6.07, 6.45) is 3.60. The summed E-state index contributed by atoms with van der Waals surface area (Å²) < 4.78 is 26.7. The first-order chi connectivity index (χ1) is 10.0. The van der Waals surface area contributed by atoms with E-state index < -0.39 is 10.0 Å². The van der Waals surface area contributed by atoms with Crippen molar-refractivity contribution in [1.82, 2.24) is 15.2 Å². The Morgan fingerprint density at radius 1 is 1.38 bits per heavy atom. The van der Waals surface area contributed by atoms with Crippen molar-refractivity contribution in [2.45, 2.75) is 18.2 Å². The maximum absolute atomic E-state index is 12.2. The van der Waals surface area contributed by atoms with Crippen LogP contribution < -0.4 is 10.0 Å². The summed E-state index contributed by atoms with van der Waals surface area (Å²) in [7, 11) is -3.80. The molecule has 0 aliphatic carbocycles. The van der Waals surface area contributed by atoms with Gasteiger partial charge in [-0.3, -0.25) is 4.72 Å². The molecule has 2 N–H and O–H groups in total. The smallest absolute Gasteiger partial charge is 0.264 e. The number of anilines is 2. The molecule has 0 saturated heterocycles. The second kappa shape index (κ2) is 6.68. The molecule has 2 aromatic heterocycles. The molecule has 0 radical (unpaired) electrons. The first kappa shape index (κ1) is 15.5. The summed E-state index contributed by atoms with van der Waals surface area (Å²) in [5.41, 5.74) is 0. The summed E-state index contributed by atoms with van der Waals surface area (Å²) in [6, 6.07) is 4.41. The van der Waals surface area contributed by atoms with Gasteiger partial charge in [-0.1, -0.05) is 18.5 Å². The number of aromatic nitrogens is 3. The Labute approximate surface area is 127 Å². The summed E-state index contributed by atoms with van der Waals surface area (Å²) >= 11 is 6.03. The van der Waals surface area contributed by atoms with E-state index >= 15 is 0 Å². The van der Waals surface area contributed by atoms with Crippen LogP contribution in [0.3, 0.4) is 0 Å². The van der Waals surface area contributed by atoms with Crippen LogP contribution >= 0.6 is 11.6 Å².